The third-order valence-electron chi connectivity index (χ3n) is 4.72. The second-order valence-corrected chi connectivity index (χ2v) is 6.63. The number of carbonyl (C=O) groups excluding carboxylic acids is 3. The number of amides is 3. The zero-order valence-electron chi connectivity index (χ0n) is 15.9. The van der Waals surface area contributed by atoms with E-state index in [1.807, 2.05) is 0 Å². The van der Waals surface area contributed by atoms with Gasteiger partial charge >= 0.3 is 6.03 Å². The van der Waals surface area contributed by atoms with Gasteiger partial charge in [0.2, 0.25) is 5.91 Å². The molecule has 2 N–H and O–H groups in total. The fourth-order valence-electron chi connectivity index (χ4n) is 3.17. The summed E-state index contributed by atoms with van der Waals surface area (Å²) in [5.41, 5.74) is 1.81. The number of methoxy groups -OCH3 is 1. The minimum absolute atomic E-state index is 0.0324. The second-order valence-electron chi connectivity index (χ2n) is 6.63. The Kier molecular flexibility index (Phi) is 5.93. The van der Waals surface area contributed by atoms with Crippen LogP contribution in [0.25, 0.3) is 0 Å². The fourth-order valence-corrected chi connectivity index (χ4v) is 3.17. The molecule has 0 spiro atoms. The first-order valence-electron chi connectivity index (χ1n) is 9.11. The summed E-state index contributed by atoms with van der Waals surface area (Å²) in [5, 5.41) is 5.64. The highest BCUT2D eigenvalue weighted by Crippen LogP contribution is 2.22. The van der Waals surface area contributed by atoms with Crippen LogP contribution < -0.4 is 15.4 Å². The Hall–Kier alpha value is -3.35. The van der Waals surface area contributed by atoms with E-state index in [2.05, 4.69) is 10.6 Å². The van der Waals surface area contributed by atoms with Crippen LogP contribution in [0.15, 0.2) is 48.5 Å². The van der Waals surface area contributed by atoms with Crippen molar-refractivity contribution in [3.63, 3.8) is 0 Å². The van der Waals surface area contributed by atoms with Crippen molar-refractivity contribution in [3.05, 3.63) is 54.1 Å². The lowest BCUT2D eigenvalue weighted by Crippen LogP contribution is -2.45. The molecular formula is C21H23N3O4. The number of nitrogens with zero attached hydrogens (tertiary/aromatic N) is 1. The summed E-state index contributed by atoms with van der Waals surface area (Å²) in [6, 6.07) is 12.9. The Morgan fingerprint density at radius 1 is 0.964 bits per heavy atom. The summed E-state index contributed by atoms with van der Waals surface area (Å²) in [6.07, 6.45) is 1.37. The highest BCUT2D eigenvalue weighted by atomic mass is 16.5. The van der Waals surface area contributed by atoms with Gasteiger partial charge in [-0.2, -0.15) is 0 Å². The summed E-state index contributed by atoms with van der Waals surface area (Å²) < 4.78 is 5.10. The van der Waals surface area contributed by atoms with Crippen LogP contribution in [-0.4, -0.2) is 42.3 Å². The molecule has 0 radical (unpaired) electrons. The Morgan fingerprint density at radius 2 is 1.57 bits per heavy atom. The number of hydrogen-bond donors (Lipinski definition) is 2. The van der Waals surface area contributed by atoms with Crippen molar-refractivity contribution in [2.45, 2.75) is 25.8 Å². The molecule has 1 fully saturated rings. The number of Topliss-reactive ketones (excluding diaryl/α,β-unsaturated/α-hetero) is 1. The van der Waals surface area contributed by atoms with Crippen LogP contribution in [0.1, 0.15) is 30.1 Å². The van der Waals surface area contributed by atoms with E-state index in [1.165, 1.54) is 6.92 Å². The van der Waals surface area contributed by atoms with Crippen LogP contribution >= 0.6 is 0 Å². The molecule has 28 heavy (non-hydrogen) atoms. The van der Waals surface area contributed by atoms with Crippen molar-refractivity contribution in [1.82, 2.24) is 4.90 Å². The summed E-state index contributed by atoms with van der Waals surface area (Å²) >= 11 is 0. The lowest BCUT2D eigenvalue weighted by Gasteiger charge is -2.24. The third kappa shape index (κ3) is 4.49. The van der Waals surface area contributed by atoms with Crippen LogP contribution in [0, 0.1) is 0 Å². The van der Waals surface area contributed by atoms with Gasteiger partial charge in [0.05, 0.1) is 7.11 Å². The van der Waals surface area contributed by atoms with Gasteiger partial charge in [-0.3, -0.25) is 9.59 Å². The van der Waals surface area contributed by atoms with Crippen LogP contribution in [0.3, 0.4) is 0 Å². The molecule has 7 nitrogen and oxygen atoms in total. The van der Waals surface area contributed by atoms with E-state index in [0.29, 0.717) is 35.7 Å². The van der Waals surface area contributed by atoms with E-state index >= 15 is 0 Å². The number of urea groups is 1. The SMILES string of the molecule is COc1ccc(NC(=O)N2CCC[C@@H]2C(=O)Nc2ccc(C(C)=O)cc2)cc1. The van der Waals surface area contributed by atoms with E-state index in [1.54, 1.807) is 60.5 Å². The number of likely N-dealkylation sites (tertiary alicyclic amines) is 1. The topological polar surface area (TPSA) is 87.7 Å². The van der Waals surface area contributed by atoms with Gasteiger partial charge in [0.25, 0.3) is 0 Å². The molecule has 146 valence electrons. The summed E-state index contributed by atoms with van der Waals surface area (Å²) in [7, 11) is 1.58. The maximum absolute atomic E-state index is 12.7. The van der Waals surface area contributed by atoms with Crippen molar-refractivity contribution in [2.75, 3.05) is 24.3 Å². The molecule has 1 aliphatic rings. The van der Waals surface area contributed by atoms with Gasteiger partial charge in [-0.05, 0) is 68.3 Å². The molecule has 0 aromatic heterocycles. The quantitative estimate of drug-likeness (QED) is 0.776. The lowest BCUT2D eigenvalue weighted by molar-refractivity contribution is -0.119. The standard InChI is InChI=1S/C21H23N3O4/c1-14(25)15-5-7-16(8-6-15)22-20(26)19-4-3-13-24(19)21(27)23-17-9-11-18(28-2)12-10-17/h5-12,19H,3-4,13H2,1-2H3,(H,22,26)(H,23,27)/t19-/m1/s1. The number of rotatable bonds is 5. The normalized spacial score (nSPS) is 15.8. The zero-order chi connectivity index (χ0) is 20.1. The van der Waals surface area contributed by atoms with Gasteiger partial charge in [-0.15, -0.1) is 0 Å². The van der Waals surface area contributed by atoms with Gasteiger partial charge in [0, 0.05) is 23.5 Å². The minimum Gasteiger partial charge on any atom is -0.497 e. The molecule has 0 saturated carbocycles. The average Bonchev–Trinajstić information content (AvgIpc) is 3.19. The van der Waals surface area contributed by atoms with E-state index in [4.69, 9.17) is 4.74 Å². The lowest BCUT2D eigenvalue weighted by atomic mass is 10.1. The van der Waals surface area contributed by atoms with Gasteiger partial charge in [0.1, 0.15) is 11.8 Å². The number of hydrogen-bond acceptors (Lipinski definition) is 4. The summed E-state index contributed by atoms with van der Waals surface area (Å²) in [4.78, 5) is 38.2. The van der Waals surface area contributed by atoms with Crippen LogP contribution in [0.4, 0.5) is 16.2 Å². The largest absolute Gasteiger partial charge is 0.497 e. The Labute approximate surface area is 163 Å². The summed E-state index contributed by atoms with van der Waals surface area (Å²) in [5.74, 6) is 0.431. The molecule has 1 heterocycles. The first-order valence-corrected chi connectivity index (χ1v) is 9.11. The van der Waals surface area contributed by atoms with E-state index < -0.39 is 6.04 Å². The smallest absolute Gasteiger partial charge is 0.322 e. The maximum atomic E-state index is 12.7. The predicted molar refractivity (Wildman–Crippen MR) is 107 cm³/mol. The number of anilines is 2. The predicted octanol–water partition coefficient (Wildman–Crippen LogP) is 3.53. The highest BCUT2D eigenvalue weighted by Gasteiger charge is 2.34. The number of nitrogens with one attached hydrogen (secondary N) is 2. The molecule has 0 aliphatic carbocycles. The molecule has 3 amide bonds. The molecule has 1 aliphatic heterocycles. The Morgan fingerprint density at radius 3 is 2.18 bits per heavy atom. The Balaban J connectivity index is 1.63. The number of benzene rings is 2. The molecule has 2 aromatic rings. The Bertz CT molecular complexity index is 862. The molecule has 1 saturated heterocycles. The van der Waals surface area contributed by atoms with Crippen molar-refractivity contribution in [3.8, 4) is 5.75 Å². The number of carbonyl (C=O) groups is 3. The van der Waals surface area contributed by atoms with Gasteiger partial charge in [-0.1, -0.05) is 0 Å². The van der Waals surface area contributed by atoms with Gasteiger partial charge in [-0.25, -0.2) is 4.79 Å². The number of ketones is 1. The van der Waals surface area contributed by atoms with Crippen LogP contribution in [0.5, 0.6) is 5.75 Å². The highest BCUT2D eigenvalue weighted by molar-refractivity contribution is 6.00. The molecule has 0 unspecified atom stereocenters. The monoisotopic (exact) mass is 381 g/mol. The van der Waals surface area contributed by atoms with Crippen LogP contribution in [-0.2, 0) is 4.79 Å². The second kappa shape index (κ2) is 8.56. The van der Waals surface area contributed by atoms with Crippen molar-refractivity contribution in [1.29, 1.82) is 0 Å². The molecule has 1 atom stereocenters. The first kappa shape index (κ1) is 19.4. The van der Waals surface area contributed by atoms with Gasteiger partial charge in [0.15, 0.2) is 5.78 Å². The summed E-state index contributed by atoms with van der Waals surface area (Å²) in [6.45, 7) is 2.01. The van der Waals surface area contributed by atoms with Crippen molar-refractivity contribution < 1.29 is 19.1 Å². The molecule has 3 rings (SSSR count). The molecule has 0 bridgehead atoms. The minimum atomic E-state index is -0.536. The zero-order valence-corrected chi connectivity index (χ0v) is 15.9. The maximum Gasteiger partial charge on any atom is 0.322 e. The molecular weight excluding hydrogens is 358 g/mol. The van der Waals surface area contributed by atoms with Crippen molar-refractivity contribution >= 4 is 29.1 Å². The molecule has 7 heteroatoms. The fraction of sp³-hybridized carbons (Fsp3) is 0.286. The van der Waals surface area contributed by atoms with Gasteiger partial charge < -0.3 is 20.3 Å². The van der Waals surface area contributed by atoms with E-state index in [0.717, 1.165) is 6.42 Å². The van der Waals surface area contributed by atoms with E-state index in [9.17, 15) is 14.4 Å². The average molecular weight is 381 g/mol. The number of ether oxygens (including phenoxy) is 1. The van der Waals surface area contributed by atoms with Crippen LogP contribution in [0.2, 0.25) is 0 Å². The first-order chi connectivity index (χ1) is 13.5. The van der Waals surface area contributed by atoms with E-state index in [-0.39, 0.29) is 17.7 Å². The van der Waals surface area contributed by atoms with Crippen molar-refractivity contribution in [2.24, 2.45) is 0 Å². The third-order valence-corrected chi connectivity index (χ3v) is 4.72. The molecule has 2 aromatic carbocycles.